The van der Waals surface area contributed by atoms with Crippen LogP contribution in [0.15, 0.2) is 91.0 Å². The molecule has 0 saturated carbocycles. The Morgan fingerprint density at radius 2 is 0.506 bits per heavy atom. The molecule has 0 amide bonds. The van der Waals surface area contributed by atoms with Crippen LogP contribution in [0.5, 0.6) is 0 Å². The van der Waals surface area contributed by atoms with Gasteiger partial charge in [-0.2, -0.15) is 0 Å². The van der Waals surface area contributed by atoms with Crippen molar-refractivity contribution < 1.29 is 38.6 Å². The van der Waals surface area contributed by atoms with Gasteiger partial charge in [0, 0.05) is 65.4 Å². The van der Waals surface area contributed by atoms with Crippen molar-refractivity contribution in [1.29, 1.82) is 0 Å². The van der Waals surface area contributed by atoms with E-state index in [1.165, 1.54) is 66.8 Å². The zero-order valence-corrected chi connectivity index (χ0v) is 58.2. The number of hydrogen-bond donors (Lipinski definition) is 1. The van der Waals surface area contributed by atoms with Crippen molar-refractivity contribution in [2.24, 2.45) is 0 Å². The van der Waals surface area contributed by atoms with Gasteiger partial charge in [0.2, 0.25) is 0 Å². The van der Waals surface area contributed by atoms with Gasteiger partial charge in [-0.3, -0.25) is 48.5 Å². The molecule has 13 heteroatoms. The average molecular weight is 1230 g/mol. The van der Waals surface area contributed by atoms with Crippen LogP contribution in [0.25, 0.3) is 0 Å². The van der Waals surface area contributed by atoms with Crippen molar-refractivity contribution in [1.82, 2.24) is 24.5 Å². The van der Waals surface area contributed by atoms with Crippen LogP contribution in [0.2, 0.25) is 0 Å². The van der Waals surface area contributed by atoms with Gasteiger partial charge in [0.25, 0.3) is 0 Å². The van der Waals surface area contributed by atoms with E-state index < -0.39 is 0 Å². The van der Waals surface area contributed by atoms with Crippen LogP contribution in [0.4, 0.5) is 0 Å². The average Bonchev–Trinajstić information content (AvgIpc) is 3.53. The van der Waals surface area contributed by atoms with Crippen molar-refractivity contribution in [2.45, 2.75) is 143 Å². The number of carbonyl (C=O) groups excluding carboxylic acids is 5. The third-order valence-corrected chi connectivity index (χ3v) is 16.9. The summed E-state index contributed by atoms with van der Waals surface area (Å²) in [7, 11) is 1.69. The smallest absolute Gasteiger partial charge is 0.151 e. The van der Waals surface area contributed by atoms with Crippen LogP contribution in [-0.2, 0) is 65.6 Å². The van der Waals surface area contributed by atoms with Crippen molar-refractivity contribution in [3.8, 4) is 0 Å². The van der Waals surface area contributed by atoms with Gasteiger partial charge in [-0.15, -0.1) is 0 Å². The molecule has 5 rings (SSSR count). The Morgan fingerprint density at radius 3 is 0.697 bits per heavy atom. The molecule has 0 saturated heterocycles. The van der Waals surface area contributed by atoms with Gasteiger partial charge in [0.15, 0.2) is 28.9 Å². The maximum absolute atomic E-state index is 12.7. The summed E-state index contributed by atoms with van der Waals surface area (Å²) < 4.78 is 10.9. The monoisotopic (exact) mass is 1230 g/mol. The molecule has 0 unspecified atom stereocenters. The summed E-state index contributed by atoms with van der Waals surface area (Å²) in [6.45, 7) is 45.4. The van der Waals surface area contributed by atoms with Crippen LogP contribution in [0.1, 0.15) is 125 Å². The van der Waals surface area contributed by atoms with Crippen LogP contribution < -0.4 is 0 Å². The fourth-order valence-electron chi connectivity index (χ4n) is 10.8. The molecular formula is C76H115N5O8. The predicted molar refractivity (Wildman–Crippen MR) is 369 cm³/mol. The van der Waals surface area contributed by atoms with Crippen molar-refractivity contribution in [3.63, 3.8) is 0 Å². The number of benzene rings is 5. The number of aryl methyl sites for hydroxylation is 10. The maximum Gasteiger partial charge on any atom is 0.151 e. The van der Waals surface area contributed by atoms with E-state index in [0.29, 0.717) is 97.0 Å². The second-order valence-electron chi connectivity index (χ2n) is 23.7. The lowest BCUT2D eigenvalue weighted by Gasteiger charge is -2.22. The molecule has 0 spiro atoms. The molecule has 1 N–H and O–H groups in total. The highest BCUT2D eigenvalue weighted by molar-refractivity contribution is 5.85. The third-order valence-electron chi connectivity index (χ3n) is 16.9. The minimum Gasteiger partial charge on any atom is -0.395 e. The summed E-state index contributed by atoms with van der Waals surface area (Å²) in [5, 5.41) is 8.91. The molecule has 5 aromatic carbocycles. The molecule has 0 aliphatic rings. The lowest BCUT2D eigenvalue weighted by Crippen LogP contribution is -2.35. The van der Waals surface area contributed by atoms with Gasteiger partial charge in [-0.05, 0) is 192 Å². The second-order valence-corrected chi connectivity index (χ2v) is 23.7. The zero-order chi connectivity index (χ0) is 66.4. The number of methoxy groups -OCH3 is 1. The highest BCUT2D eigenvalue weighted by Gasteiger charge is 2.18. The third kappa shape index (κ3) is 30.7. The Hall–Kier alpha value is -5.87. The zero-order valence-electron chi connectivity index (χ0n) is 58.2. The topological polar surface area (TPSA) is 140 Å². The summed E-state index contributed by atoms with van der Waals surface area (Å²) in [4.78, 5) is 72.1. The number of ketones is 5. The second kappa shape index (κ2) is 44.6. The molecule has 89 heavy (non-hydrogen) atoms. The maximum atomic E-state index is 12.7. The van der Waals surface area contributed by atoms with E-state index >= 15 is 0 Å². The summed E-state index contributed by atoms with van der Waals surface area (Å²) in [6.07, 6.45) is 2.55. The molecule has 0 radical (unpaired) electrons. The van der Waals surface area contributed by atoms with Crippen LogP contribution in [0, 0.1) is 69.2 Å². The number of Topliss-reactive ketones (excluding diaryl/α,β-unsaturated/α-hetero) is 5. The summed E-state index contributed by atoms with van der Waals surface area (Å²) in [5.41, 5.74) is 17.7. The molecule has 0 heterocycles. The van der Waals surface area contributed by atoms with E-state index in [1.54, 1.807) is 7.11 Å². The molecule has 5 aromatic rings. The summed E-state index contributed by atoms with van der Waals surface area (Å²) >= 11 is 0. The molecule has 0 aliphatic carbocycles. The fourth-order valence-corrected chi connectivity index (χ4v) is 10.8. The number of aliphatic hydroxyl groups is 1. The van der Waals surface area contributed by atoms with Gasteiger partial charge < -0.3 is 14.6 Å². The normalized spacial score (nSPS) is 11.1. The first kappa shape index (κ1) is 79.2. The molecule has 13 nitrogen and oxygen atoms in total. The highest BCUT2D eigenvalue weighted by atomic mass is 16.5. The molecule has 0 aliphatic heterocycles. The van der Waals surface area contributed by atoms with E-state index in [-0.39, 0.29) is 29.7 Å². The Bertz CT molecular complexity index is 2740. The molecule has 0 atom stereocenters. The largest absolute Gasteiger partial charge is 0.395 e. The van der Waals surface area contributed by atoms with E-state index in [4.69, 9.17) is 14.6 Å². The number of likely N-dealkylation sites (N-methyl/N-ethyl adjacent to an activating group) is 5. The molecule has 0 bridgehead atoms. The standard InChI is InChI=1S/C30H44N2O3.C16H25NO2.C15H23NO2.C15H23NO/c1-7-31(21-27(33)19-29-23(3)11-9-12-24(29)4)15-17-35-18-16-32(8-2)22-28(34)20-30-25(5)13-10-14-26(30)6;1-5-17(9-10-19-4)12-15(18)11-16-13(2)7-6-8-14(16)3;1-4-16(8-9-17)11-14(18)10-15-12(2)6-5-7-13(15)3;1-5-16(6-2)11-14(17)10-15-12(3)8-7-9-13(15)4/h9-14H,7-8,15-22H2,1-6H3;6-8H,5,9-12H2,1-4H3;5-7,17H,4,8-11H2,1-3H3;7-9H,5-6,10-11H2,1-4H3. The minimum atomic E-state index is 0.102. The Kier molecular flexibility index (Phi) is 39.7. The Morgan fingerprint density at radius 1 is 0.315 bits per heavy atom. The number of carbonyl (C=O) groups is 5. The van der Waals surface area contributed by atoms with Gasteiger partial charge >= 0.3 is 0 Å². The number of ether oxygens (including phenoxy) is 2. The highest BCUT2D eigenvalue weighted by Crippen LogP contribution is 2.19. The van der Waals surface area contributed by atoms with Gasteiger partial charge in [-0.25, -0.2) is 0 Å². The van der Waals surface area contributed by atoms with Crippen molar-refractivity contribution >= 4 is 28.9 Å². The fraction of sp³-hybridized carbons (Fsp3) is 0.539. The van der Waals surface area contributed by atoms with Crippen LogP contribution in [0.3, 0.4) is 0 Å². The van der Waals surface area contributed by atoms with Crippen LogP contribution >= 0.6 is 0 Å². The molecule has 0 fully saturated rings. The number of rotatable bonds is 37. The molecule has 492 valence electrons. The quantitative estimate of drug-likeness (QED) is 0.0378. The van der Waals surface area contributed by atoms with Gasteiger partial charge in [-0.1, -0.05) is 133 Å². The van der Waals surface area contributed by atoms with E-state index in [1.807, 2.05) is 68.1 Å². The first-order chi connectivity index (χ1) is 42.5. The van der Waals surface area contributed by atoms with Gasteiger partial charge in [0.05, 0.1) is 59.2 Å². The first-order valence-electron chi connectivity index (χ1n) is 32.6. The number of aliphatic hydroxyl groups excluding tert-OH is 1. The number of nitrogens with zero attached hydrogens (tertiary/aromatic N) is 5. The van der Waals surface area contributed by atoms with E-state index in [9.17, 15) is 24.0 Å². The number of hydrogen-bond acceptors (Lipinski definition) is 13. The van der Waals surface area contributed by atoms with Crippen LogP contribution in [-0.4, -0.2) is 190 Å². The SMILES string of the molecule is CCN(CC)CC(=O)Cc1c(C)cccc1C.CCN(CCO)CC(=O)Cc1c(C)cccc1C.CCN(CCOC)CC(=O)Cc1c(C)cccc1C.CCN(CCOCCN(CC)CC(=O)Cc1c(C)cccc1C)CC(=O)Cc1c(C)cccc1C. The Labute approximate surface area is 538 Å². The summed E-state index contributed by atoms with van der Waals surface area (Å²) in [5.74, 6) is 1.27. The first-order valence-corrected chi connectivity index (χ1v) is 32.6. The van der Waals surface area contributed by atoms with E-state index in [2.05, 4.69) is 158 Å². The van der Waals surface area contributed by atoms with E-state index in [0.717, 1.165) is 75.6 Å². The molecule has 0 aromatic heterocycles. The minimum absolute atomic E-state index is 0.102. The molecular weight excluding hydrogens is 1110 g/mol. The van der Waals surface area contributed by atoms with Crippen molar-refractivity contribution in [3.05, 3.63) is 174 Å². The van der Waals surface area contributed by atoms with Gasteiger partial charge in [0.1, 0.15) is 0 Å². The Balaban J connectivity index is 0.000000428. The predicted octanol–water partition coefficient (Wildman–Crippen LogP) is 11.4. The lowest BCUT2D eigenvalue weighted by atomic mass is 9.98. The van der Waals surface area contributed by atoms with Crippen molar-refractivity contribution in [2.75, 3.05) is 132 Å². The summed E-state index contributed by atoms with van der Waals surface area (Å²) in [6, 6.07) is 30.8. The lowest BCUT2D eigenvalue weighted by molar-refractivity contribution is -0.120.